The Labute approximate surface area is 107 Å². The number of aliphatic hydroxyl groups is 2. The van der Waals surface area contributed by atoms with Crippen molar-refractivity contribution in [1.82, 2.24) is 5.32 Å². The van der Waals surface area contributed by atoms with Crippen LogP contribution in [-0.4, -0.2) is 34.2 Å². The Morgan fingerprint density at radius 2 is 2.17 bits per heavy atom. The van der Waals surface area contributed by atoms with E-state index in [2.05, 4.69) is 11.4 Å². The average Bonchev–Trinajstić information content (AvgIpc) is 2.79. The molecule has 3 atom stereocenters. The number of fused-ring (bicyclic) bond motifs is 1. The van der Waals surface area contributed by atoms with Crippen LogP contribution in [0.1, 0.15) is 33.6 Å². The van der Waals surface area contributed by atoms with Gasteiger partial charge < -0.3 is 20.3 Å². The van der Waals surface area contributed by atoms with Crippen molar-refractivity contribution in [2.75, 3.05) is 0 Å². The van der Waals surface area contributed by atoms with Crippen molar-refractivity contribution in [2.24, 2.45) is 11.8 Å². The van der Waals surface area contributed by atoms with Gasteiger partial charge in [0.2, 0.25) is 0 Å². The van der Waals surface area contributed by atoms with Crippen molar-refractivity contribution >= 4 is 6.09 Å². The highest BCUT2D eigenvalue weighted by Crippen LogP contribution is 2.48. The average molecular weight is 255 g/mol. The van der Waals surface area contributed by atoms with Gasteiger partial charge in [-0.15, -0.1) is 0 Å². The number of hydrogen-bond donors (Lipinski definition) is 3. The van der Waals surface area contributed by atoms with E-state index in [0.717, 1.165) is 12.8 Å². The third-order valence-corrected chi connectivity index (χ3v) is 3.35. The van der Waals surface area contributed by atoms with Crippen LogP contribution >= 0.6 is 0 Å². The second kappa shape index (κ2) is 4.55. The molecule has 102 valence electrons. The van der Waals surface area contributed by atoms with Crippen LogP contribution in [0, 0.1) is 11.8 Å². The first kappa shape index (κ1) is 13.4. The Balaban J connectivity index is 1.90. The third kappa shape index (κ3) is 3.23. The summed E-state index contributed by atoms with van der Waals surface area (Å²) in [5.41, 5.74) is 0.784. The van der Waals surface area contributed by atoms with Gasteiger partial charge in [-0.1, -0.05) is 11.6 Å². The minimum absolute atomic E-state index is 0.0857. The lowest BCUT2D eigenvalue weighted by Gasteiger charge is -2.28. The van der Waals surface area contributed by atoms with Crippen molar-refractivity contribution in [3.8, 4) is 0 Å². The number of carbonyl (C=O) groups excluding carboxylic acids is 1. The molecular weight excluding hydrogens is 234 g/mol. The Bertz CT molecular complexity index is 370. The van der Waals surface area contributed by atoms with E-state index in [9.17, 15) is 15.0 Å². The van der Waals surface area contributed by atoms with Crippen LogP contribution in [-0.2, 0) is 4.74 Å². The molecule has 0 spiro atoms. The van der Waals surface area contributed by atoms with Gasteiger partial charge in [0.25, 0.3) is 0 Å². The Morgan fingerprint density at radius 3 is 2.61 bits per heavy atom. The van der Waals surface area contributed by atoms with Crippen LogP contribution < -0.4 is 5.32 Å². The zero-order valence-electron chi connectivity index (χ0n) is 11.0. The van der Waals surface area contributed by atoms with Crippen molar-refractivity contribution in [3.63, 3.8) is 0 Å². The van der Waals surface area contributed by atoms with Crippen LogP contribution in [0.2, 0.25) is 0 Å². The molecule has 0 radical (unpaired) electrons. The SMILES string of the molecule is CC(C)(C)OC(=O)NC(C(O)O)C1CC2=CC2C1. The molecule has 2 rings (SSSR count). The molecule has 0 saturated heterocycles. The number of alkyl carbamates (subject to hydrolysis) is 1. The first-order valence-corrected chi connectivity index (χ1v) is 6.32. The number of rotatable bonds is 3. The summed E-state index contributed by atoms with van der Waals surface area (Å²) in [6.45, 7) is 5.31. The molecule has 0 aliphatic heterocycles. The number of aliphatic hydroxyl groups excluding tert-OH is 1. The van der Waals surface area contributed by atoms with E-state index in [1.807, 2.05) is 0 Å². The lowest BCUT2D eigenvalue weighted by atomic mass is 9.95. The second-order valence-electron chi connectivity index (χ2n) is 6.13. The summed E-state index contributed by atoms with van der Waals surface area (Å²) >= 11 is 0. The third-order valence-electron chi connectivity index (χ3n) is 3.35. The fourth-order valence-electron chi connectivity index (χ4n) is 2.51. The predicted molar refractivity (Wildman–Crippen MR) is 65.7 cm³/mol. The van der Waals surface area contributed by atoms with E-state index < -0.39 is 24.0 Å². The fourth-order valence-corrected chi connectivity index (χ4v) is 2.51. The number of hydrogen-bond acceptors (Lipinski definition) is 4. The molecule has 1 fully saturated rings. The molecule has 0 aromatic carbocycles. The maximum atomic E-state index is 11.7. The molecule has 2 aliphatic rings. The Morgan fingerprint density at radius 1 is 1.50 bits per heavy atom. The van der Waals surface area contributed by atoms with Gasteiger partial charge in [0.1, 0.15) is 5.60 Å². The number of carbonyl (C=O) groups is 1. The van der Waals surface area contributed by atoms with Gasteiger partial charge in [0.15, 0.2) is 6.29 Å². The van der Waals surface area contributed by atoms with Gasteiger partial charge in [-0.3, -0.25) is 0 Å². The minimum Gasteiger partial charge on any atom is -0.444 e. The molecule has 0 heterocycles. The van der Waals surface area contributed by atoms with Crippen molar-refractivity contribution in [3.05, 3.63) is 11.6 Å². The quantitative estimate of drug-likeness (QED) is 0.522. The first-order valence-electron chi connectivity index (χ1n) is 6.32. The van der Waals surface area contributed by atoms with E-state index in [1.54, 1.807) is 20.8 Å². The number of nitrogens with one attached hydrogen (secondary N) is 1. The van der Waals surface area contributed by atoms with Crippen LogP contribution in [0.25, 0.3) is 0 Å². The molecular formula is C13H21NO4. The monoisotopic (exact) mass is 255 g/mol. The lowest BCUT2D eigenvalue weighted by Crippen LogP contribution is -2.49. The molecule has 1 saturated carbocycles. The number of ether oxygens (including phenoxy) is 1. The predicted octanol–water partition coefficient (Wildman–Crippen LogP) is 1.16. The highest BCUT2D eigenvalue weighted by atomic mass is 16.6. The smallest absolute Gasteiger partial charge is 0.408 e. The summed E-state index contributed by atoms with van der Waals surface area (Å²) in [5.74, 6) is 0.610. The zero-order valence-corrected chi connectivity index (χ0v) is 11.0. The molecule has 0 aromatic heterocycles. The molecule has 18 heavy (non-hydrogen) atoms. The zero-order chi connectivity index (χ0) is 13.5. The molecule has 5 heteroatoms. The van der Waals surface area contributed by atoms with Crippen LogP contribution in [0.15, 0.2) is 11.6 Å². The maximum absolute atomic E-state index is 11.7. The summed E-state index contributed by atoms with van der Waals surface area (Å²) < 4.78 is 5.13. The first-order chi connectivity index (χ1) is 8.26. The second-order valence-corrected chi connectivity index (χ2v) is 6.13. The molecule has 3 unspecified atom stereocenters. The summed E-state index contributed by atoms with van der Waals surface area (Å²) in [6, 6.07) is -0.659. The summed E-state index contributed by atoms with van der Waals surface area (Å²) in [5, 5.41) is 21.3. The Kier molecular flexibility index (Phi) is 3.38. The van der Waals surface area contributed by atoms with E-state index in [4.69, 9.17) is 4.74 Å². The molecule has 2 aliphatic carbocycles. The molecule has 0 bridgehead atoms. The minimum atomic E-state index is -1.55. The van der Waals surface area contributed by atoms with E-state index in [-0.39, 0.29) is 5.92 Å². The van der Waals surface area contributed by atoms with Gasteiger partial charge >= 0.3 is 6.09 Å². The van der Waals surface area contributed by atoms with Crippen LogP contribution in [0.5, 0.6) is 0 Å². The normalized spacial score (nSPS) is 27.6. The van der Waals surface area contributed by atoms with Crippen molar-refractivity contribution < 1.29 is 19.7 Å². The highest BCUT2D eigenvalue weighted by molar-refractivity contribution is 5.68. The van der Waals surface area contributed by atoms with Gasteiger partial charge in [0, 0.05) is 0 Å². The summed E-state index contributed by atoms with van der Waals surface area (Å²) in [7, 11) is 0. The number of amides is 1. The van der Waals surface area contributed by atoms with Crippen LogP contribution in [0.4, 0.5) is 4.79 Å². The van der Waals surface area contributed by atoms with Gasteiger partial charge in [-0.2, -0.15) is 0 Å². The molecule has 3 N–H and O–H groups in total. The van der Waals surface area contributed by atoms with Gasteiger partial charge in [0.05, 0.1) is 6.04 Å². The van der Waals surface area contributed by atoms with Gasteiger partial charge in [-0.25, -0.2) is 4.79 Å². The summed E-state index contributed by atoms with van der Waals surface area (Å²) in [4.78, 5) is 11.7. The van der Waals surface area contributed by atoms with E-state index >= 15 is 0 Å². The maximum Gasteiger partial charge on any atom is 0.408 e. The van der Waals surface area contributed by atoms with E-state index in [1.165, 1.54) is 5.57 Å². The number of allylic oxidation sites excluding steroid dienone is 2. The molecule has 5 nitrogen and oxygen atoms in total. The van der Waals surface area contributed by atoms with Crippen molar-refractivity contribution in [1.29, 1.82) is 0 Å². The van der Waals surface area contributed by atoms with Gasteiger partial charge in [-0.05, 0) is 45.4 Å². The highest BCUT2D eigenvalue weighted by Gasteiger charge is 2.42. The van der Waals surface area contributed by atoms with Crippen molar-refractivity contribution in [2.45, 2.75) is 51.5 Å². The largest absolute Gasteiger partial charge is 0.444 e. The molecule has 1 amide bonds. The fraction of sp³-hybridized carbons (Fsp3) is 0.769. The Hall–Kier alpha value is -1.07. The van der Waals surface area contributed by atoms with Crippen LogP contribution in [0.3, 0.4) is 0 Å². The lowest BCUT2D eigenvalue weighted by molar-refractivity contribution is -0.0812. The molecule has 0 aromatic rings. The van der Waals surface area contributed by atoms with E-state index in [0.29, 0.717) is 5.92 Å². The standard InChI is InChI=1S/C13H21NO4/c1-13(2,3)18-12(17)14-10(11(15)16)9-5-7-4-8(7)6-9/h4,7,9-11,15-16H,5-6H2,1-3H3,(H,14,17). The summed E-state index contributed by atoms with van der Waals surface area (Å²) in [6.07, 6.45) is 1.75. The topological polar surface area (TPSA) is 78.8 Å².